The molecule has 0 saturated carbocycles. The third-order valence-corrected chi connectivity index (χ3v) is 3.10. The van der Waals surface area contributed by atoms with Gasteiger partial charge in [0.2, 0.25) is 0 Å². The van der Waals surface area contributed by atoms with Crippen LogP contribution in [0, 0.1) is 11.8 Å². The third-order valence-electron chi connectivity index (χ3n) is 3.10. The van der Waals surface area contributed by atoms with E-state index >= 15 is 0 Å². The highest BCUT2D eigenvalue weighted by molar-refractivity contribution is 4.67. The Morgan fingerprint density at radius 2 is 1.93 bits per heavy atom. The monoisotopic (exact) mass is 214 g/mol. The van der Waals surface area contributed by atoms with Crippen LogP contribution in [0.25, 0.3) is 0 Å². The Morgan fingerprint density at radius 1 is 1.27 bits per heavy atom. The molecule has 1 aliphatic heterocycles. The smallest absolute Gasteiger partial charge is 0.0594 e. The van der Waals surface area contributed by atoms with Crippen LogP contribution in [0.15, 0.2) is 0 Å². The lowest BCUT2D eigenvalue weighted by molar-refractivity contribution is 0.0351. The van der Waals surface area contributed by atoms with E-state index < -0.39 is 0 Å². The van der Waals surface area contributed by atoms with Gasteiger partial charge < -0.3 is 10.5 Å². The van der Waals surface area contributed by atoms with Gasteiger partial charge in [-0.25, -0.2) is 0 Å². The van der Waals surface area contributed by atoms with Crippen LogP contribution >= 0.6 is 0 Å². The van der Waals surface area contributed by atoms with Crippen molar-refractivity contribution in [3.05, 3.63) is 0 Å². The molecule has 1 rings (SSSR count). The fourth-order valence-electron chi connectivity index (χ4n) is 2.19. The number of hydrogen-bond donors (Lipinski definition) is 1. The van der Waals surface area contributed by atoms with E-state index in [0.29, 0.717) is 5.92 Å². The van der Waals surface area contributed by atoms with Crippen LogP contribution in [-0.2, 0) is 4.74 Å². The summed E-state index contributed by atoms with van der Waals surface area (Å²) in [7, 11) is 0. The molecule has 0 bridgehead atoms. The Hall–Kier alpha value is -0.120. The van der Waals surface area contributed by atoms with Crippen molar-refractivity contribution in [3.8, 4) is 0 Å². The molecule has 0 aromatic heterocycles. The molecular weight excluding hydrogens is 188 g/mol. The van der Waals surface area contributed by atoms with Crippen molar-refractivity contribution in [2.24, 2.45) is 17.6 Å². The van der Waals surface area contributed by atoms with Gasteiger partial charge >= 0.3 is 0 Å². The number of morpholine rings is 1. The molecule has 3 heteroatoms. The topological polar surface area (TPSA) is 38.5 Å². The average Bonchev–Trinajstić information content (AvgIpc) is 2.25. The molecule has 2 N–H and O–H groups in total. The van der Waals surface area contributed by atoms with E-state index in [1.165, 1.54) is 19.4 Å². The molecular formula is C12H26N2O. The Bertz CT molecular complexity index is 156. The fourth-order valence-corrected chi connectivity index (χ4v) is 2.19. The first kappa shape index (κ1) is 12.9. The molecule has 0 radical (unpaired) electrons. The maximum Gasteiger partial charge on any atom is 0.0594 e. The van der Waals surface area contributed by atoms with Crippen LogP contribution in [0.4, 0.5) is 0 Å². The van der Waals surface area contributed by atoms with Crippen molar-refractivity contribution in [2.45, 2.75) is 26.7 Å². The summed E-state index contributed by atoms with van der Waals surface area (Å²) in [5.41, 5.74) is 5.79. The van der Waals surface area contributed by atoms with Crippen LogP contribution in [0.3, 0.4) is 0 Å². The molecule has 0 aliphatic carbocycles. The minimum Gasteiger partial charge on any atom is -0.379 e. The Morgan fingerprint density at radius 3 is 2.47 bits per heavy atom. The van der Waals surface area contributed by atoms with Gasteiger partial charge in [-0.2, -0.15) is 0 Å². The molecule has 1 unspecified atom stereocenters. The zero-order valence-corrected chi connectivity index (χ0v) is 10.2. The molecule has 3 nitrogen and oxygen atoms in total. The normalized spacial score (nSPS) is 20.8. The minimum atomic E-state index is 0.702. The van der Waals surface area contributed by atoms with Gasteiger partial charge in [-0.3, -0.25) is 4.90 Å². The molecule has 15 heavy (non-hydrogen) atoms. The van der Waals surface area contributed by atoms with Gasteiger partial charge in [-0.05, 0) is 37.8 Å². The van der Waals surface area contributed by atoms with Gasteiger partial charge in [0.15, 0.2) is 0 Å². The minimum absolute atomic E-state index is 0.702. The van der Waals surface area contributed by atoms with Crippen molar-refractivity contribution >= 4 is 0 Å². The van der Waals surface area contributed by atoms with Gasteiger partial charge in [0.05, 0.1) is 13.2 Å². The predicted octanol–water partition coefficient (Wildman–Crippen LogP) is 1.33. The predicted molar refractivity (Wildman–Crippen MR) is 63.9 cm³/mol. The summed E-state index contributed by atoms with van der Waals surface area (Å²) in [5.74, 6) is 1.47. The maximum atomic E-state index is 5.79. The zero-order chi connectivity index (χ0) is 11.1. The average molecular weight is 214 g/mol. The quantitative estimate of drug-likeness (QED) is 0.725. The van der Waals surface area contributed by atoms with E-state index in [-0.39, 0.29) is 0 Å². The SMILES string of the molecule is CC(C)CC(CN)CCN1CCOCC1. The molecule has 0 amide bonds. The summed E-state index contributed by atoms with van der Waals surface area (Å²) in [6, 6.07) is 0. The van der Waals surface area contributed by atoms with Crippen LogP contribution in [0.2, 0.25) is 0 Å². The zero-order valence-electron chi connectivity index (χ0n) is 10.2. The number of hydrogen-bond acceptors (Lipinski definition) is 3. The molecule has 1 heterocycles. The second kappa shape index (κ2) is 7.20. The summed E-state index contributed by atoms with van der Waals surface area (Å²) in [4.78, 5) is 2.49. The van der Waals surface area contributed by atoms with E-state index in [1.807, 2.05) is 0 Å². The summed E-state index contributed by atoms with van der Waals surface area (Å²) in [5, 5.41) is 0. The van der Waals surface area contributed by atoms with Crippen molar-refractivity contribution in [1.82, 2.24) is 4.90 Å². The van der Waals surface area contributed by atoms with Crippen LogP contribution in [0.5, 0.6) is 0 Å². The van der Waals surface area contributed by atoms with Gasteiger partial charge in [0.25, 0.3) is 0 Å². The summed E-state index contributed by atoms with van der Waals surface area (Å²) < 4.78 is 5.33. The molecule has 90 valence electrons. The van der Waals surface area contributed by atoms with E-state index in [1.54, 1.807) is 0 Å². The van der Waals surface area contributed by atoms with Crippen molar-refractivity contribution in [2.75, 3.05) is 39.4 Å². The maximum absolute atomic E-state index is 5.79. The lowest BCUT2D eigenvalue weighted by Crippen LogP contribution is -2.38. The lowest BCUT2D eigenvalue weighted by Gasteiger charge is -2.28. The van der Waals surface area contributed by atoms with E-state index in [2.05, 4.69) is 18.7 Å². The van der Waals surface area contributed by atoms with Gasteiger partial charge in [0, 0.05) is 13.1 Å². The van der Waals surface area contributed by atoms with E-state index in [0.717, 1.165) is 38.8 Å². The van der Waals surface area contributed by atoms with Crippen LogP contribution < -0.4 is 5.73 Å². The molecule has 1 atom stereocenters. The van der Waals surface area contributed by atoms with Crippen molar-refractivity contribution in [1.29, 1.82) is 0 Å². The van der Waals surface area contributed by atoms with Gasteiger partial charge in [-0.15, -0.1) is 0 Å². The van der Waals surface area contributed by atoms with Gasteiger partial charge in [-0.1, -0.05) is 13.8 Å². The lowest BCUT2D eigenvalue weighted by atomic mass is 9.94. The van der Waals surface area contributed by atoms with E-state index in [4.69, 9.17) is 10.5 Å². The highest BCUT2D eigenvalue weighted by Crippen LogP contribution is 2.15. The highest BCUT2D eigenvalue weighted by atomic mass is 16.5. The standard InChI is InChI=1S/C12H26N2O/c1-11(2)9-12(10-13)3-4-14-5-7-15-8-6-14/h11-12H,3-10,13H2,1-2H3. The molecule has 1 fully saturated rings. The first-order chi connectivity index (χ1) is 7.22. The van der Waals surface area contributed by atoms with E-state index in [9.17, 15) is 0 Å². The number of rotatable bonds is 6. The summed E-state index contributed by atoms with van der Waals surface area (Å²) in [6.07, 6.45) is 2.51. The number of nitrogens with two attached hydrogens (primary N) is 1. The second-order valence-electron chi connectivity index (χ2n) is 4.97. The van der Waals surface area contributed by atoms with Crippen LogP contribution in [-0.4, -0.2) is 44.3 Å². The number of ether oxygens (including phenoxy) is 1. The first-order valence-corrected chi connectivity index (χ1v) is 6.22. The Labute approximate surface area is 94.0 Å². The molecule has 1 aliphatic rings. The third kappa shape index (κ3) is 5.50. The highest BCUT2D eigenvalue weighted by Gasteiger charge is 2.14. The van der Waals surface area contributed by atoms with Crippen molar-refractivity contribution < 1.29 is 4.74 Å². The summed E-state index contributed by atoms with van der Waals surface area (Å²) >= 11 is 0. The molecule has 0 spiro atoms. The molecule has 0 aromatic carbocycles. The Kier molecular flexibility index (Phi) is 6.22. The summed E-state index contributed by atoms with van der Waals surface area (Å²) in [6.45, 7) is 10.6. The largest absolute Gasteiger partial charge is 0.379 e. The molecule has 0 aromatic rings. The second-order valence-corrected chi connectivity index (χ2v) is 4.97. The Balaban J connectivity index is 2.14. The fraction of sp³-hybridized carbons (Fsp3) is 1.00. The van der Waals surface area contributed by atoms with Gasteiger partial charge in [0.1, 0.15) is 0 Å². The first-order valence-electron chi connectivity index (χ1n) is 6.22. The van der Waals surface area contributed by atoms with Crippen molar-refractivity contribution in [3.63, 3.8) is 0 Å². The number of nitrogens with zero attached hydrogens (tertiary/aromatic N) is 1. The molecule has 1 saturated heterocycles. The van der Waals surface area contributed by atoms with Crippen LogP contribution in [0.1, 0.15) is 26.7 Å².